The molecule has 0 heterocycles. The van der Waals surface area contributed by atoms with Gasteiger partial charge in [-0.2, -0.15) is 0 Å². The second-order valence-electron chi connectivity index (χ2n) is 6.98. The molecule has 0 aliphatic carbocycles. The summed E-state index contributed by atoms with van der Waals surface area (Å²) in [5.41, 5.74) is 11.5. The van der Waals surface area contributed by atoms with E-state index in [-0.39, 0.29) is 6.41 Å². The Morgan fingerprint density at radius 1 is 0.581 bits per heavy atom. The van der Waals surface area contributed by atoms with E-state index in [1.165, 1.54) is 22.3 Å². The first-order valence-electron chi connectivity index (χ1n) is 10.2. The maximum atomic E-state index is 8.58. The lowest BCUT2D eigenvalue weighted by Gasteiger charge is -2.13. The molecule has 0 atom stereocenters. The van der Waals surface area contributed by atoms with Crippen LogP contribution in [0.25, 0.3) is 11.1 Å². The molecule has 0 bridgehead atoms. The summed E-state index contributed by atoms with van der Waals surface area (Å²) >= 11 is 0. The number of para-hydroxylation sites is 2. The summed E-state index contributed by atoms with van der Waals surface area (Å²) in [4.78, 5) is 8.58. The number of hydrogen-bond acceptors (Lipinski definition) is 3. The van der Waals surface area contributed by atoms with E-state index in [2.05, 4.69) is 113 Å². The molecule has 4 aromatic carbocycles. The van der Waals surface area contributed by atoms with Gasteiger partial charge in [0.2, 0.25) is 6.41 Å². The first-order chi connectivity index (χ1) is 15.3. The topological polar surface area (TPSA) is 67.2 Å². The van der Waals surface area contributed by atoms with Crippen molar-refractivity contribution >= 4 is 17.8 Å². The quantitative estimate of drug-likeness (QED) is 0.344. The van der Waals surface area contributed by atoms with E-state index in [1.54, 1.807) is 0 Å². The Bertz CT molecular complexity index is 990. The molecule has 31 heavy (non-hydrogen) atoms. The Morgan fingerprint density at radius 3 is 1.39 bits per heavy atom. The van der Waals surface area contributed by atoms with Gasteiger partial charge in [0.05, 0.1) is 0 Å². The zero-order valence-corrected chi connectivity index (χ0v) is 17.4. The lowest BCUT2D eigenvalue weighted by molar-refractivity contribution is -0.106. The van der Waals surface area contributed by atoms with Crippen LogP contribution in [0.2, 0.25) is 0 Å². The van der Waals surface area contributed by atoms with Crippen molar-refractivity contribution in [3.05, 3.63) is 120 Å². The third-order valence-corrected chi connectivity index (χ3v) is 4.70. The lowest BCUT2D eigenvalue weighted by atomic mass is 9.99. The Balaban J connectivity index is 0.000000858. The van der Waals surface area contributed by atoms with Crippen LogP contribution in [0.1, 0.15) is 11.1 Å². The van der Waals surface area contributed by atoms with Gasteiger partial charge >= 0.3 is 0 Å². The van der Waals surface area contributed by atoms with Gasteiger partial charge in [-0.1, -0.05) is 72.8 Å². The van der Waals surface area contributed by atoms with E-state index in [4.69, 9.17) is 4.79 Å². The maximum absolute atomic E-state index is 8.58. The van der Waals surface area contributed by atoms with E-state index >= 15 is 0 Å². The van der Waals surface area contributed by atoms with Crippen molar-refractivity contribution in [2.45, 2.75) is 13.1 Å². The smallest absolute Gasteiger partial charge is 0.204 e. The normalized spacial score (nSPS) is 9.81. The molecule has 0 spiro atoms. The number of hydrogen-bond donors (Lipinski definition) is 3. The summed E-state index contributed by atoms with van der Waals surface area (Å²) in [5.74, 6) is 0. The van der Waals surface area contributed by atoms with Crippen molar-refractivity contribution in [2.24, 2.45) is 5.73 Å². The number of carbonyl (C=O) groups is 1. The van der Waals surface area contributed by atoms with E-state index in [9.17, 15) is 0 Å². The van der Waals surface area contributed by atoms with E-state index in [0.29, 0.717) is 0 Å². The van der Waals surface area contributed by atoms with Crippen molar-refractivity contribution in [1.82, 2.24) is 0 Å². The van der Waals surface area contributed by atoms with E-state index in [0.717, 1.165) is 24.5 Å². The molecule has 0 aliphatic heterocycles. The molecule has 4 nitrogen and oxygen atoms in total. The number of rotatable bonds is 7. The van der Waals surface area contributed by atoms with Crippen molar-refractivity contribution < 1.29 is 4.79 Å². The Morgan fingerprint density at radius 2 is 0.968 bits per heavy atom. The highest BCUT2D eigenvalue weighted by molar-refractivity contribution is 5.65. The Hall–Kier alpha value is -4.05. The molecular formula is C27H27N3O. The lowest BCUT2D eigenvalue weighted by Crippen LogP contribution is -2.03. The van der Waals surface area contributed by atoms with Crippen molar-refractivity contribution in [2.75, 3.05) is 10.6 Å². The number of nitrogens with two attached hydrogens (primary N) is 1. The zero-order valence-electron chi connectivity index (χ0n) is 17.4. The molecule has 0 saturated heterocycles. The van der Waals surface area contributed by atoms with Crippen molar-refractivity contribution in [1.29, 1.82) is 0 Å². The molecule has 156 valence electrons. The number of carbonyl (C=O) groups excluding carboxylic acids is 1. The third-order valence-electron chi connectivity index (χ3n) is 4.70. The summed E-state index contributed by atoms with van der Waals surface area (Å²) in [6.07, 6.45) is 0.250. The van der Waals surface area contributed by atoms with E-state index in [1.807, 2.05) is 12.1 Å². The monoisotopic (exact) mass is 409 g/mol. The molecule has 0 fully saturated rings. The number of benzene rings is 4. The van der Waals surface area contributed by atoms with Crippen LogP contribution in [0.4, 0.5) is 11.4 Å². The molecule has 0 aliphatic rings. The number of anilines is 2. The van der Waals surface area contributed by atoms with Crippen LogP contribution < -0.4 is 16.4 Å². The average Bonchev–Trinajstić information content (AvgIpc) is 2.84. The summed E-state index contributed by atoms with van der Waals surface area (Å²) in [6.45, 7) is 1.59. The van der Waals surface area contributed by atoms with Gasteiger partial charge in [-0.15, -0.1) is 0 Å². The van der Waals surface area contributed by atoms with Crippen LogP contribution in [0, 0.1) is 0 Å². The number of primary amides is 1. The fourth-order valence-electron chi connectivity index (χ4n) is 3.28. The largest absolute Gasteiger partial charge is 0.381 e. The second-order valence-corrected chi connectivity index (χ2v) is 6.98. The molecule has 0 radical (unpaired) electrons. The predicted octanol–water partition coefficient (Wildman–Crippen LogP) is 5.68. The molecule has 0 aromatic heterocycles. The predicted molar refractivity (Wildman–Crippen MR) is 130 cm³/mol. The van der Waals surface area contributed by atoms with Crippen LogP contribution in [0.15, 0.2) is 109 Å². The third kappa shape index (κ3) is 7.05. The van der Waals surface area contributed by atoms with Gasteiger partial charge in [0.15, 0.2) is 0 Å². The summed E-state index contributed by atoms with van der Waals surface area (Å²) < 4.78 is 0. The van der Waals surface area contributed by atoms with E-state index < -0.39 is 0 Å². The minimum absolute atomic E-state index is 0.250. The Kier molecular flexibility index (Phi) is 8.26. The van der Waals surface area contributed by atoms with Gasteiger partial charge in [0.1, 0.15) is 0 Å². The SMILES string of the molecule is NC=O.c1ccc(NCc2cc(CNc3ccccc3)cc(-c3ccccc3)c2)cc1. The second kappa shape index (κ2) is 11.8. The fraction of sp³-hybridized carbons (Fsp3) is 0.0741. The standard InChI is InChI=1S/C26H24N2.CH3NO/c1-4-10-23(11-5-1)24-17-21(19-27-25-12-6-2-7-13-25)16-22(18-24)20-28-26-14-8-3-9-15-26;2-1-3/h1-18,27-28H,19-20H2;1H,(H2,2,3). The minimum atomic E-state index is 0.250. The van der Waals surface area contributed by atoms with Crippen LogP contribution in [-0.2, 0) is 17.9 Å². The van der Waals surface area contributed by atoms with Gasteiger partial charge in [-0.05, 0) is 58.7 Å². The summed E-state index contributed by atoms with van der Waals surface area (Å²) in [6, 6.07) is 38.1. The summed E-state index contributed by atoms with van der Waals surface area (Å²) in [7, 11) is 0. The van der Waals surface area contributed by atoms with Gasteiger partial charge in [0.25, 0.3) is 0 Å². The molecule has 4 aromatic rings. The molecule has 1 amide bonds. The van der Waals surface area contributed by atoms with Gasteiger partial charge in [-0.25, -0.2) is 0 Å². The van der Waals surface area contributed by atoms with Gasteiger partial charge < -0.3 is 16.4 Å². The summed E-state index contributed by atoms with van der Waals surface area (Å²) in [5, 5.41) is 7.04. The van der Waals surface area contributed by atoms with Crippen LogP contribution in [-0.4, -0.2) is 6.41 Å². The highest BCUT2D eigenvalue weighted by atomic mass is 16.1. The van der Waals surface area contributed by atoms with Crippen LogP contribution in [0.3, 0.4) is 0 Å². The van der Waals surface area contributed by atoms with Crippen molar-refractivity contribution in [3.63, 3.8) is 0 Å². The Labute approximate surface area is 183 Å². The molecule has 4 rings (SSSR count). The average molecular weight is 410 g/mol. The van der Waals surface area contributed by atoms with Crippen LogP contribution in [0.5, 0.6) is 0 Å². The zero-order chi connectivity index (χ0) is 21.7. The minimum Gasteiger partial charge on any atom is -0.381 e. The highest BCUT2D eigenvalue weighted by Crippen LogP contribution is 2.24. The molecule has 4 N–H and O–H groups in total. The van der Waals surface area contributed by atoms with Crippen molar-refractivity contribution in [3.8, 4) is 11.1 Å². The molecule has 0 unspecified atom stereocenters. The van der Waals surface area contributed by atoms with Gasteiger partial charge in [-0.3, -0.25) is 4.79 Å². The first kappa shape index (κ1) is 21.7. The fourth-order valence-corrected chi connectivity index (χ4v) is 3.28. The number of nitrogens with one attached hydrogen (secondary N) is 2. The first-order valence-corrected chi connectivity index (χ1v) is 10.2. The molecule has 0 saturated carbocycles. The molecule has 4 heteroatoms. The maximum Gasteiger partial charge on any atom is 0.204 e. The molecular weight excluding hydrogens is 382 g/mol. The number of amides is 1. The highest BCUT2D eigenvalue weighted by Gasteiger charge is 2.04. The van der Waals surface area contributed by atoms with Gasteiger partial charge in [0, 0.05) is 24.5 Å². The van der Waals surface area contributed by atoms with Crippen LogP contribution >= 0.6 is 0 Å².